The summed E-state index contributed by atoms with van der Waals surface area (Å²) in [7, 11) is -1.03. The Balaban J connectivity index is 1.58. The Bertz CT molecular complexity index is 842. The van der Waals surface area contributed by atoms with Crippen molar-refractivity contribution < 1.29 is 8.95 Å². The van der Waals surface area contributed by atoms with Gasteiger partial charge >= 0.3 is 0 Å². The molecule has 0 amide bonds. The predicted molar refractivity (Wildman–Crippen MR) is 116 cm³/mol. The van der Waals surface area contributed by atoms with Crippen LogP contribution in [-0.2, 0) is 28.4 Å². The van der Waals surface area contributed by atoms with Gasteiger partial charge in [0.05, 0.1) is 16.5 Å². The summed E-state index contributed by atoms with van der Waals surface area (Å²) in [5.74, 6) is 2.03. The van der Waals surface area contributed by atoms with Crippen LogP contribution in [0.1, 0.15) is 24.1 Å². The molecule has 1 aromatic carbocycles. The minimum absolute atomic E-state index is 0.292. The third-order valence-corrected chi connectivity index (χ3v) is 6.89. The Morgan fingerprint density at radius 3 is 2.72 bits per heavy atom. The maximum absolute atomic E-state index is 12.6. The number of benzene rings is 1. The summed E-state index contributed by atoms with van der Waals surface area (Å²) >= 11 is 0. The summed E-state index contributed by atoms with van der Waals surface area (Å²) in [5.41, 5.74) is 8.07. The first-order valence-corrected chi connectivity index (χ1v) is 11.7. The molecule has 1 unspecified atom stereocenters. The summed E-state index contributed by atoms with van der Waals surface area (Å²) in [5, 5.41) is 3.54. The van der Waals surface area contributed by atoms with E-state index in [0.29, 0.717) is 30.8 Å². The van der Waals surface area contributed by atoms with E-state index < -0.39 is 10.8 Å². The lowest BCUT2D eigenvalue weighted by atomic mass is 10.1. The van der Waals surface area contributed by atoms with Crippen molar-refractivity contribution in [1.82, 2.24) is 9.97 Å². The lowest BCUT2D eigenvalue weighted by molar-refractivity contribution is 0.0903. The van der Waals surface area contributed by atoms with Crippen molar-refractivity contribution in [2.75, 3.05) is 48.8 Å². The summed E-state index contributed by atoms with van der Waals surface area (Å²) in [4.78, 5) is 12.6. The highest BCUT2D eigenvalue weighted by Gasteiger charge is 2.28. The molecule has 1 aromatic heterocycles. The topological polar surface area (TPSA) is 93.4 Å². The van der Waals surface area contributed by atoms with E-state index in [0.717, 1.165) is 61.8 Å². The molecule has 2 aliphatic heterocycles. The number of nitrogens with one attached hydrogen (secondary N) is 1. The zero-order valence-electron chi connectivity index (χ0n) is 16.7. The van der Waals surface area contributed by atoms with Crippen molar-refractivity contribution in [2.24, 2.45) is 5.73 Å². The van der Waals surface area contributed by atoms with E-state index in [1.807, 2.05) is 6.07 Å². The van der Waals surface area contributed by atoms with Crippen LogP contribution in [0.2, 0.25) is 0 Å². The predicted octanol–water partition coefficient (Wildman–Crippen LogP) is 1.74. The number of rotatable bonds is 8. The van der Waals surface area contributed by atoms with Crippen molar-refractivity contribution >= 4 is 22.6 Å². The lowest BCUT2D eigenvalue weighted by Gasteiger charge is -2.26. The van der Waals surface area contributed by atoms with E-state index in [1.54, 1.807) is 0 Å². The number of aryl methyl sites for hydroxylation is 1. The average Bonchev–Trinajstić information content (AvgIpc) is 3.13. The van der Waals surface area contributed by atoms with Gasteiger partial charge in [-0.1, -0.05) is 30.3 Å². The first kappa shape index (κ1) is 20.3. The molecule has 1 saturated heterocycles. The van der Waals surface area contributed by atoms with Gasteiger partial charge in [-0.15, -0.1) is 0 Å². The minimum atomic E-state index is -1.03. The highest BCUT2D eigenvalue weighted by molar-refractivity contribution is 7.85. The van der Waals surface area contributed by atoms with Crippen LogP contribution in [0.25, 0.3) is 0 Å². The second kappa shape index (κ2) is 9.65. The second-order valence-electron chi connectivity index (χ2n) is 7.49. The van der Waals surface area contributed by atoms with E-state index in [1.165, 1.54) is 5.56 Å². The van der Waals surface area contributed by atoms with Gasteiger partial charge in [0.2, 0.25) is 5.95 Å². The molecular weight excluding hydrogens is 386 g/mol. The molecule has 0 aliphatic carbocycles. The molecule has 2 aliphatic rings. The van der Waals surface area contributed by atoms with Crippen molar-refractivity contribution in [3.63, 3.8) is 0 Å². The molecule has 3 heterocycles. The van der Waals surface area contributed by atoms with Crippen LogP contribution >= 0.6 is 0 Å². The highest BCUT2D eigenvalue weighted by atomic mass is 32.2. The number of ether oxygens (including phenoxy) is 1. The zero-order chi connectivity index (χ0) is 20.1. The molecule has 29 heavy (non-hydrogen) atoms. The van der Waals surface area contributed by atoms with Gasteiger partial charge in [-0.05, 0) is 24.8 Å². The van der Waals surface area contributed by atoms with E-state index >= 15 is 0 Å². The number of nitrogens with zero attached hydrogens (tertiary/aromatic N) is 3. The minimum Gasteiger partial charge on any atom is -0.381 e. The molecule has 7 nitrogen and oxygen atoms in total. The summed E-state index contributed by atoms with van der Waals surface area (Å²) in [6, 6.07) is 10.7. The van der Waals surface area contributed by atoms with Crippen LogP contribution in [0.3, 0.4) is 0 Å². The molecule has 156 valence electrons. The zero-order valence-corrected chi connectivity index (χ0v) is 17.5. The average molecular weight is 416 g/mol. The third-order valence-electron chi connectivity index (χ3n) is 5.43. The Morgan fingerprint density at radius 2 is 1.97 bits per heavy atom. The largest absolute Gasteiger partial charge is 0.381 e. The second-order valence-corrected chi connectivity index (χ2v) is 9.00. The molecule has 0 radical (unpaired) electrons. The van der Waals surface area contributed by atoms with Gasteiger partial charge in [-0.25, -0.2) is 4.98 Å². The molecule has 4 rings (SSSR count). The van der Waals surface area contributed by atoms with Crippen LogP contribution < -0.4 is 16.0 Å². The molecule has 1 atom stereocenters. The number of hydrogen-bond acceptors (Lipinski definition) is 7. The van der Waals surface area contributed by atoms with Crippen LogP contribution in [0.4, 0.5) is 11.8 Å². The van der Waals surface area contributed by atoms with Crippen molar-refractivity contribution in [3.8, 4) is 0 Å². The fraction of sp³-hybridized carbons (Fsp3) is 0.524. The Labute approximate surface area is 174 Å². The fourth-order valence-electron chi connectivity index (χ4n) is 3.83. The standard InChI is InChI=1S/C21H29N5O2S/c22-10-12-26(11-6-16-4-2-1-3-5-16)21-24-18-9-15-29(27)19(18)20(25-21)23-17-7-13-28-14-8-17/h1-5,17H,6-15,22H2,(H,23,24,25). The summed E-state index contributed by atoms with van der Waals surface area (Å²) in [6.45, 7) is 3.50. The normalized spacial score (nSPS) is 19.1. The number of fused-ring (bicyclic) bond motifs is 1. The maximum Gasteiger partial charge on any atom is 0.227 e. The summed E-state index contributed by atoms with van der Waals surface area (Å²) < 4.78 is 18.0. The first-order chi connectivity index (χ1) is 14.2. The third kappa shape index (κ3) is 4.94. The molecule has 0 saturated carbocycles. The Hall–Kier alpha value is -2.03. The van der Waals surface area contributed by atoms with Crippen LogP contribution in [0, 0.1) is 0 Å². The van der Waals surface area contributed by atoms with Crippen LogP contribution in [-0.4, -0.2) is 58.8 Å². The molecule has 0 bridgehead atoms. The van der Waals surface area contributed by atoms with Gasteiger partial charge in [0, 0.05) is 51.1 Å². The molecule has 0 spiro atoms. The number of aromatic nitrogens is 2. The van der Waals surface area contributed by atoms with Gasteiger partial charge in [0.25, 0.3) is 0 Å². The molecule has 8 heteroatoms. The van der Waals surface area contributed by atoms with E-state index in [9.17, 15) is 4.21 Å². The van der Waals surface area contributed by atoms with Gasteiger partial charge < -0.3 is 20.7 Å². The molecular formula is C21H29N5O2S. The van der Waals surface area contributed by atoms with Gasteiger partial charge in [-0.3, -0.25) is 4.21 Å². The Kier molecular flexibility index (Phi) is 6.74. The van der Waals surface area contributed by atoms with Crippen LogP contribution in [0.15, 0.2) is 35.2 Å². The SMILES string of the molecule is NCCN(CCc1ccccc1)c1nc2c(c(NC3CCOCC3)n1)S(=O)CC2. The quantitative estimate of drug-likeness (QED) is 0.678. The lowest BCUT2D eigenvalue weighted by Crippen LogP contribution is -2.34. The number of anilines is 2. The Morgan fingerprint density at radius 1 is 1.17 bits per heavy atom. The van der Waals surface area contributed by atoms with Crippen molar-refractivity contribution in [3.05, 3.63) is 41.6 Å². The van der Waals surface area contributed by atoms with Gasteiger partial charge in [0.1, 0.15) is 10.7 Å². The van der Waals surface area contributed by atoms with Gasteiger partial charge in [0.15, 0.2) is 0 Å². The molecule has 2 aromatic rings. The van der Waals surface area contributed by atoms with Crippen molar-refractivity contribution in [2.45, 2.75) is 36.6 Å². The number of nitrogens with two attached hydrogens (primary N) is 1. The van der Waals surface area contributed by atoms with Crippen LogP contribution in [0.5, 0.6) is 0 Å². The molecule has 3 N–H and O–H groups in total. The smallest absolute Gasteiger partial charge is 0.227 e. The first-order valence-electron chi connectivity index (χ1n) is 10.4. The van der Waals surface area contributed by atoms with Gasteiger partial charge in [-0.2, -0.15) is 4.98 Å². The molecule has 1 fully saturated rings. The highest BCUT2D eigenvalue weighted by Crippen LogP contribution is 2.31. The van der Waals surface area contributed by atoms with Crippen molar-refractivity contribution in [1.29, 1.82) is 0 Å². The van der Waals surface area contributed by atoms with E-state index in [4.69, 9.17) is 20.4 Å². The van der Waals surface area contributed by atoms with E-state index in [2.05, 4.69) is 34.5 Å². The maximum atomic E-state index is 12.6. The number of hydrogen-bond donors (Lipinski definition) is 2. The van der Waals surface area contributed by atoms with E-state index in [-0.39, 0.29) is 0 Å². The summed E-state index contributed by atoms with van der Waals surface area (Å²) in [6.07, 6.45) is 3.49. The fourth-order valence-corrected chi connectivity index (χ4v) is 5.15. The monoisotopic (exact) mass is 415 g/mol.